The second kappa shape index (κ2) is 14.7. The van der Waals surface area contributed by atoms with E-state index in [4.69, 9.17) is 0 Å². The number of hydrogen-bond acceptors (Lipinski definition) is 4. The maximum absolute atomic E-state index is 13.4. The van der Waals surface area contributed by atoms with Crippen LogP contribution >= 0.6 is 0 Å². The lowest BCUT2D eigenvalue weighted by molar-refractivity contribution is 0.102. The van der Waals surface area contributed by atoms with Gasteiger partial charge < -0.3 is 10.6 Å². The molecule has 0 bridgehead atoms. The van der Waals surface area contributed by atoms with Crippen LogP contribution in [0.3, 0.4) is 0 Å². The molecule has 5 rings (SSSR count). The van der Waals surface area contributed by atoms with Crippen LogP contribution < -0.4 is 10.6 Å². The van der Waals surface area contributed by atoms with Gasteiger partial charge in [-0.1, -0.05) is 106 Å². The normalized spacial score (nSPS) is 11.6. The molecule has 6 nitrogen and oxygen atoms in total. The van der Waals surface area contributed by atoms with Gasteiger partial charge in [-0.3, -0.25) is 9.59 Å². The van der Waals surface area contributed by atoms with Crippen LogP contribution in [-0.4, -0.2) is 11.8 Å². The first-order valence-corrected chi connectivity index (χ1v) is 15.5. The summed E-state index contributed by atoms with van der Waals surface area (Å²) in [5, 5.41) is 25.1. The Morgan fingerprint density at radius 1 is 0.542 bits per heavy atom. The summed E-state index contributed by atoms with van der Waals surface area (Å²) in [5.74, 6) is -0.688. The first-order valence-electron chi connectivity index (χ1n) is 15.5. The van der Waals surface area contributed by atoms with E-state index in [1.165, 1.54) is 0 Å². The molecule has 2 N–H and O–H groups in total. The number of allylic oxidation sites excluding steroid dienone is 2. The smallest absolute Gasteiger partial charge is 0.255 e. The Kier molecular flexibility index (Phi) is 10.1. The summed E-state index contributed by atoms with van der Waals surface area (Å²) in [6.07, 6.45) is 3.61. The second-order valence-electron chi connectivity index (χ2n) is 12.3. The van der Waals surface area contributed by atoms with Crippen LogP contribution in [0.2, 0.25) is 0 Å². The lowest BCUT2D eigenvalue weighted by Crippen LogP contribution is -2.19. The quantitative estimate of drug-likeness (QED) is 0.132. The highest BCUT2D eigenvalue weighted by Crippen LogP contribution is 2.27. The van der Waals surface area contributed by atoms with Gasteiger partial charge in [0.1, 0.15) is 0 Å². The number of carbonyl (C=O) groups is 2. The minimum Gasteiger partial charge on any atom is -0.322 e. The lowest BCUT2D eigenvalue weighted by atomic mass is 9.85. The van der Waals surface area contributed by atoms with Gasteiger partial charge in [0.05, 0.1) is 23.3 Å². The monoisotopic (exact) mass is 626 g/mol. The molecule has 0 fully saturated rings. The summed E-state index contributed by atoms with van der Waals surface area (Å²) in [5.41, 5.74) is 6.82. The van der Waals surface area contributed by atoms with Crippen molar-refractivity contribution in [3.05, 3.63) is 166 Å². The highest BCUT2D eigenvalue weighted by molar-refractivity contribution is 6.09. The van der Waals surface area contributed by atoms with Gasteiger partial charge >= 0.3 is 0 Å². The lowest BCUT2D eigenvalue weighted by Gasteiger charge is -2.21. The fourth-order valence-corrected chi connectivity index (χ4v) is 4.98. The van der Waals surface area contributed by atoms with E-state index < -0.39 is 0 Å². The highest BCUT2D eigenvalue weighted by Gasteiger charge is 2.20. The highest BCUT2D eigenvalue weighted by atomic mass is 16.2. The Labute approximate surface area is 281 Å². The van der Waals surface area contributed by atoms with Crippen LogP contribution in [-0.2, 0) is 5.41 Å². The number of nitriles is 2. The summed E-state index contributed by atoms with van der Waals surface area (Å²) in [6, 6.07) is 43.1. The summed E-state index contributed by atoms with van der Waals surface area (Å²) in [4.78, 5) is 26.9. The van der Waals surface area contributed by atoms with E-state index in [2.05, 4.69) is 22.8 Å². The van der Waals surface area contributed by atoms with Gasteiger partial charge in [-0.05, 0) is 87.8 Å². The molecule has 0 saturated heterocycles. The van der Waals surface area contributed by atoms with Crippen LogP contribution in [0.5, 0.6) is 0 Å². The fourth-order valence-electron chi connectivity index (χ4n) is 4.98. The number of anilines is 2. The van der Waals surface area contributed by atoms with Crippen molar-refractivity contribution in [3.63, 3.8) is 0 Å². The Morgan fingerprint density at radius 3 is 1.25 bits per heavy atom. The third-order valence-corrected chi connectivity index (χ3v) is 7.69. The molecule has 5 aromatic rings. The molecule has 0 unspecified atom stereocenters. The Bertz CT molecular complexity index is 1930. The van der Waals surface area contributed by atoms with E-state index >= 15 is 0 Å². The van der Waals surface area contributed by atoms with Crippen molar-refractivity contribution in [2.45, 2.75) is 26.2 Å². The van der Waals surface area contributed by atoms with Gasteiger partial charge in [-0.15, -0.1) is 0 Å². The van der Waals surface area contributed by atoms with Crippen LogP contribution in [0.1, 0.15) is 69.3 Å². The van der Waals surface area contributed by atoms with Crippen LogP contribution in [0.15, 0.2) is 127 Å². The first-order chi connectivity index (χ1) is 23.1. The van der Waals surface area contributed by atoms with Gasteiger partial charge in [0.25, 0.3) is 11.8 Å². The fraction of sp³-hybridized carbons (Fsp3) is 0.0952. The van der Waals surface area contributed by atoms with Crippen molar-refractivity contribution in [2.75, 3.05) is 10.6 Å². The molecule has 234 valence electrons. The number of benzene rings is 5. The zero-order valence-electron chi connectivity index (χ0n) is 27.0. The molecule has 0 radical (unpaired) electrons. The molecule has 0 atom stereocenters. The van der Waals surface area contributed by atoms with Gasteiger partial charge in [-0.2, -0.15) is 10.5 Å². The van der Waals surface area contributed by atoms with Crippen molar-refractivity contribution >= 4 is 46.5 Å². The van der Waals surface area contributed by atoms with E-state index in [9.17, 15) is 20.1 Å². The Hall–Kier alpha value is -6.50. The molecule has 0 aliphatic carbocycles. The largest absolute Gasteiger partial charge is 0.322 e. The number of nitrogens with zero attached hydrogens (tertiary/aromatic N) is 2. The molecule has 0 heterocycles. The topological polar surface area (TPSA) is 106 Å². The standard InChI is InChI=1S/C42H34N4O2/c1-42(2,3)37-25-33(40(47)45-38-18-14-29(15-19-38)22-35(27-43)31-10-6-4-7-11-31)24-34(26-37)41(48)46-39-20-16-30(17-21-39)23-36(28-44)32-12-8-5-9-13-32/h4-26H,1-3H3,(H,45,47)(H,46,48)/b35-22+,36-23+. The Balaban J connectivity index is 1.32. The van der Waals surface area contributed by atoms with Crippen molar-refractivity contribution in [3.8, 4) is 12.1 Å². The predicted octanol–water partition coefficient (Wildman–Crippen LogP) is 9.62. The predicted molar refractivity (Wildman–Crippen MR) is 194 cm³/mol. The van der Waals surface area contributed by atoms with E-state index in [1.54, 1.807) is 42.5 Å². The number of rotatable bonds is 8. The third kappa shape index (κ3) is 8.40. The maximum Gasteiger partial charge on any atom is 0.255 e. The average molecular weight is 627 g/mol. The number of nitrogens with one attached hydrogen (secondary N) is 2. The Morgan fingerprint density at radius 2 is 0.917 bits per heavy atom. The number of carbonyl (C=O) groups excluding carboxylic acids is 2. The minimum atomic E-state index is -0.344. The van der Waals surface area contributed by atoms with Crippen LogP contribution in [0.4, 0.5) is 11.4 Å². The summed E-state index contributed by atoms with van der Waals surface area (Å²) in [7, 11) is 0. The molecule has 0 aliphatic heterocycles. The van der Waals surface area contributed by atoms with Crippen LogP contribution in [0, 0.1) is 22.7 Å². The number of amides is 2. The zero-order valence-corrected chi connectivity index (χ0v) is 27.0. The van der Waals surface area contributed by atoms with E-state index in [-0.39, 0.29) is 17.2 Å². The molecule has 0 aliphatic rings. The van der Waals surface area contributed by atoms with E-state index in [0.29, 0.717) is 33.6 Å². The van der Waals surface area contributed by atoms with Crippen molar-refractivity contribution < 1.29 is 9.59 Å². The van der Waals surface area contributed by atoms with Gasteiger partial charge in [-0.25, -0.2) is 0 Å². The summed E-state index contributed by atoms with van der Waals surface area (Å²) in [6.45, 7) is 6.08. The second-order valence-corrected chi connectivity index (χ2v) is 12.3. The third-order valence-electron chi connectivity index (χ3n) is 7.69. The summed E-state index contributed by atoms with van der Waals surface area (Å²) < 4.78 is 0. The van der Waals surface area contributed by atoms with Crippen molar-refractivity contribution in [1.29, 1.82) is 10.5 Å². The molecular formula is C42H34N4O2. The molecule has 48 heavy (non-hydrogen) atoms. The van der Waals surface area contributed by atoms with Crippen molar-refractivity contribution in [2.24, 2.45) is 0 Å². The van der Waals surface area contributed by atoms with Gasteiger partial charge in [0, 0.05) is 22.5 Å². The molecule has 0 aromatic heterocycles. The molecule has 6 heteroatoms. The molecule has 2 amide bonds. The minimum absolute atomic E-state index is 0.318. The van der Waals surface area contributed by atoms with Crippen LogP contribution in [0.25, 0.3) is 23.3 Å². The zero-order chi connectivity index (χ0) is 34.1. The molecule has 0 spiro atoms. The molecule has 5 aromatic carbocycles. The van der Waals surface area contributed by atoms with Crippen molar-refractivity contribution in [1.82, 2.24) is 0 Å². The summed E-state index contributed by atoms with van der Waals surface area (Å²) >= 11 is 0. The average Bonchev–Trinajstić information content (AvgIpc) is 3.11. The van der Waals surface area contributed by atoms with Gasteiger partial charge in [0.15, 0.2) is 0 Å². The maximum atomic E-state index is 13.4. The van der Waals surface area contributed by atoms with E-state index in [0.717, 1.165) is 27.8 Å². The first kappa shape index (κ1) is 32.9. The van der Waals surface area contributed by atoms with Gasteiger partial charge in [0.2, 0.25) is 0 Å². The molecular weight excluding hydrogens is 592 g/mol. The SMILES string of the molecule is CC(C)(C)c1cc(C(=O)Nc2ccc(/C=C(\C#N)c3ccccc3)cc2)cc(C(=O)Nc2ccc(/C=C(\C#N)c3ccccc3)cc2)c1. The number of hydrogen-bond donors (Lipinski definition) is 2. The molecule has 0 saturated carbocycles. The van der Waals surface area contributed by atoms with E-state index in [1.807, 2.05) is 118 Å².